The van der Waals surface area contributed by atoms with Crippen LogP contribution in [-0.2, 0) is 0 Å². The van der Waals surface area contributed by atoms with Crippen molar-refractivity contribution in [1.82, 2.24) is 15.1 Å². The van der Waals surface area contributed by atoms with Crippen molar-refractivity contribution in [1.29, 1.82) is 0 Å². The van der Waals surface area contributed by atoms with Crippen LogP contribution in [-0.4, -0.2) is 61.7 Å². The number of rotatable bonds is 4. The molecule has 94 valence electrons. The van der Waals surface area contributed by atoms with Crippen molar-refractivity contribution in [2.24, 2.45) is 0 Å². The highest BCUT2D eigenvalue weighted by atomic mass is 15.2. The van der Waals surface area contributed by atoms with Gasteiger partial charge in [-0.15, -0.1) is 0 Å². The topological polar surface area (TPSA) is 18.5 Å². The van der Waals surface area contributed by atoms with E-state index in [-0.39, 0.29) is 0 Å². The highest BCUT2D eigenvalue weighted by Gasteiger charge is 2.31. The van der Waals surface area contributed by atoms with E-state index in [0.717, 1.165) is 18.6 Å². The van der Waals surface area contributed by atoms with Gasteiger partial charge in [-0.25, -0.2) is 0 Å². The van der Waals surface area contributed by atoms with Crippen LogP contribution in [0.2, 0.25) is 0 Å². The van der Waals surface area contributed by atoms with Crippen molar-refractivity contribution in [3.8, 4) is 0 Å². The SMILES string of the molecule is CC(CNC1CCN2CCCC2C1)N(C)C. The molecule has 0 aromatic rings. The second kappa shape index (κ2) is 5.48. The van der Waals surface area contributed by atoms with Gasteiger partial charge in [0.2, 0.25) is 0 Å². The molecule has 0 radical (unpaired) electrons. The molecular weight excluding hydrogens is 198 g/mol. The molecular formula is C13H27N3. The number of fused-ring (bicyclic) bond motifs is 1. The van der Waals surface area contributed by atoms with E-state index in [1.54, 1.807) is 0 Å². The number of likely N-dealkylation sites (N-methyl/N-ethyl adjacent to an activating group) is 1. The Bertz CT molecular complexity index is 217. The number of hydrogen-bond donors (Lipinski definition) is 1. The Balaban J connectivity index is 1.71. The molecule has 2 rings (SSSR count). The first kappa shape index (κ1) is 12.3. The Morgan fingerprint density at radius 2 is 2.12 bits per heavy atom. The highest BCUT2D eigenvalue weighted by Crippen LogP contribution is 2.26. The van der Waals surface area contributed by atoms with Crippen molar-refractivity contribution in [3.63, 3.8) is 0 Å². The summed E-state index contributed by atoms with van der Waals surface area (Å²) in [7, 11) is 4.32. The summed E-state index contributed by atoms with van der Waals surface area (Å²) in [5.74, 6) is 0. The molecule has 0 saturated carbocycles. The maximum Gasteiger partial charge on any atom is 0.0186 e. The van der Waals surface area contributed by atoms with Gasteiger partial charge in [-0.3, -0.25) is 0 Å². The molecule has 2 heterocycles. The third-order valence-electron chi connectivity index (χ3n) is 4.40. The molecule has 0 spiro atoms. The largest absolute Gasteiger partial charge is 0.312 e. The fourth-order valence-corrected chi connectivity index (χ4v) is 2.93. The Labute approximate surface area is 100 Å². The molecule has 2 aliphatic heterocycles. The first-order chi connectivity index (χ1) is 7.66. The van der Waals surface area contributed by atoms with Crippen molar-refractivity contribution >= 4 is 0 Å². The summed E-state index contributed by atoms with van der Waals surface area (Å²) in [5.41, 5.74) is 0. The zero-order chi connectivity index (χ0) is 11.5. The lowest BCUT2D eigenvalue weighted by Gasteiger charge is -2.36. The summed E-state index contributed by atoms with van der Waals surface area (Å²) >= 11 is 0. The summed E-state index contributed by atoms with van der Waals surface area (Å²) in [6.07, 6.45) is 5.57. The molecule has 3 heteroatoms. The van der Waals surface area contributed by atoms with E-state index in [9.17, 15) is 0 Å². The molecule has 3 unspecified atom stereocenters. The lowest BCUT2D eigenvalue weighted by Crippen LogP contribution is -2.48. The first-order valence-corrected chi connectivity index (χ1v) is 6.80. The number of nitrogens with one attached hydrogen (secondary N) is 1. The van der Waals surface area contributed by atoms with Gasteiger partial charge >= 0.3 is 0 Å². The van der Waals surface area contributed by atoms with E-state index in [2.05, 4.69) is 36.1 Å². The lowest BCUT2D eigenvalue weighted by atomic mass is 9.97. The molecule has 0 bridgehead atoms. The lowest BCUT2D eigenvalue weighted by molar-refractivity contribution is 0.162. The summed E-state index contributed by atoms with van der Waals surface area (Å²) in [4.78, 5) is 4.98. The number of nitrogens with zero attached hydrogens (tertiary/aromatic N) is 2. The van der Waals surface area contributed by atoms with E-state index in [1.807, 2.05) is 0 Å². The normalized spacial score (nSPS) is 33.0. The van der Waals surface area contributed by atoms with Crippen LogP contribution in [0.1, 0.15) is 32.6 Å². The minimum Gasteiger partial charge on any atom is -0.312 e. The molecule has 3 nitrogen and oxygen atoms in total. The van der Waals surface area contributed by atoms with Crippen molar-refractivity contribution in [2.45, 2.75) is 50.7 Å². The first-order valence-electron chi connectivity index (χ1n) is 6.80. The molecule has 0 aromatic carbocycles. The fraction of sp³-hybridized carbons (Fsp3) is 1.00. The average molecular weight is 225 g/mol. The molecule has 0 aliphatic carbocycles. The van der Waals surface area contributed by atoms with Crippen LogP contribution in [0.3, 0.4) is 0 Å². The van der Waals surface area contributed by atoms with Gasteiger partial charge in [0.05, 0.1) is 0 Å². The van der Waals surface area contributed by atoms with Gasteiger partial charge in [-0.05, 0) is 59.8 Å². The number of piperidine rings is 1. The van der Waals surface area contributed by atoms with Gasteiger partial charge in [0.15, 0.2) is 0 Å². The smallest absolute Gasteiger partial charge is 0.0186 e. The average Bonchev–Trinajstić information content (AvgIpc) is 2.72. The van der Waals surface area contributed by atoms with Crippen LogP contribution in [0.15, 0.2) is 0 Å². The van der Waals surface area contributed by atoms with Crippen LogP contribution in [0.4, 0.5) is 0 Å². The van der Waals surface area contributed by atoms with Crippen LogP contribution >= 0.6 is 0 Å². The molecule has 1 N–H and O–H groups in total. The van der Waals surface area contributed by atoms with Crippen LogP contribution in [0.5, 0.6) is 0 Å². The van der Waals surface area contributed by atoms with Crippen molar-refractivity contribution < 1.29 is 0 Å². The third-order valence-corrected chi connectivity index (χ3v) is 4.40. The summed E-state index contributed by atoms with van der Waals surface area (Å²) in [5, 5.41) is 3.75. The maximum atomic E-state index is 3.75. The Morgan fingerprint density at radius 1 is 1.31 bits per heavy atom. The molecule has 2 aliphatic rings. The van der Waals surface area contributed by atoms with Gasteiger partial charge in [0, 0.05) is 24.7 Å². The van der Waals surface area contributed by atoms with Crippen molar-refractivity contribution in [3.05, 3.63) is 0 Å². The van der Waals surface area contributed by atoms with Gasteiger partial charge in [-0.1, -0.05) is 0 Å². The molecule has 3 atom stereocenters. The van der Waals surface area contributed by atoms with Crippen LogP contribution in [0.25, 0.3) is 0 Å². The molecule has 2 saturated heterocycles. The van der Waals surface area contributed by atoms with E-state index in [4.69, 9.17) is 0 Å². The van der Waals surface area contributed by atoms with Gasteiger partial charge < -0.3 is 15.1 Å². The maximum absolute atomic E-state index is 3.75. The predicted molar refractivity (Wildman–Crippen MR) is 68.8 cm³/mol. The van der Waals surface area contributed by atoms with Gasteiger partial charge in [0.1, 0.15) is 0 Å². The van der Waals surface area contributed by atoms with E-state index >= 15 is 0 Å². The minimum atomic E-state index is 0.640. The van der Waals surface area contributed by atoms with Gasteiger partial charge in [0.25, 0.3) is 0 Å². The third kappa shape index (κ3) is 2.96. The van der Waals surface area contributed by atoms with E-state index in [0.29, 0.717) is 6.04 Å². The molecule has 16 heavy (non-hydrogen) atoms. The monoisotopic (exact) mass is 225 g/mol. The number of hydrogen-bond acceptors (Lipinski definition) is 3. The van der Waals surface area contributed by atoms with Crippen LogP contribution < -0.4 is 5.32 Å². The second-order valence-corrected chi connectivity index (χ2v) is 5.77. The summed E-state index contributed by atoms with van der Waals surface area (Å²) < 4.78 is 0. The molecule has 2 fully saturated rings. The van der Waals surface area contributed by atoms with Gasteiger partial charge in [-0.2, -0.15) is 0 Å². The zero-order valence-electron chi connectivity index (χ0n) is 11.1. The fourth-order valence-electron chi connectivity index (χ4n) is 2.93. The Hall–Kier alpha value is -0.120. The Morgan fingerprint density at radius 3 is 2.88 bits per heavy atom. The molecule has 0 aromatic heterocycles. The summed E-state index contributed by atoms with van der Waals surface area (Å²) in [6.45, 7) is 6.09. The standard InChI is InChI=1S/C13H27N3/c1-11(15(2)3)10-14-12-6-8-16-7-4-5-13(16)9-12/h11-14H,4-10H2,1-3H3. The van der Waals surface area contributed by atoms with Crippen LogP contribution in [0, 0.1) is 0 Å². The Kier molecular flexibility index (Phi) is 4.22. The highest BCUT2D eigenvalue weighted by molar-refractivity contribution is 4.89. The summed E-state index contributed by atoms with van der Waals surface area (Å²) in [6, 6.07) is 2.30. The van der Waals surface area contributed by atoms with E-state index < -0.39 is 0 Å². The molecule has 0 amide bonds. The predicted octanol–water partition coefficient (Wildman–Crippen LogP) is 1.15. The second-order valence-electron chi connectivity index (χ2n) is 5.77. The zero-order valence-corrected chi connectivity index (χ0v) is 11.1. The van der Waals surface area contributed by atoms with E-state index in [1.165, 1.54) is 38.8 Å². The van der Waals surface area contributed by atoms with Crippen molar-refractivity contribution in [2.75, 3.05) is 33.7 Å². The minimum absolute atomic E-state index is 0.640. The quantitative estimate of drug-likeness (QED) is 0.774.